The predicted octanol–water partition coefficient (Wildman–Crippen LogP) is 3.52. The lowest BCUT2D eigenvalue weighted by Gasteiger charge is -2.10. The van der Waals surface area contributed by atoms with E-state index >= 15 is 0 Å². The van der Waals surface area contributed by atoms with Gasteiger partial charge >= 0.3 is 5.97 Å². The van der Waals surface area contributed by atoms with Gasteiger partial charge in [0.25, 0.3) is 0 Å². The fourth-order valence-electron chi connectivity index (χ4n) is 2.49. The average molecular weight is 418 g/mol. The summed E-state index contributed by atoms with van der Waals surface area (Å²) < 4.78 is 50.5. The lowest BCUT2D eigenvalue weighted by atomic mass is 10.2. The number of hydrogen-bond acceptors (Lipinski definition) is 6. The van der Waals surface area contributed by atoms with E-state index in [0.717, 1.165) is 0 Å². The topological polar surface area (TPSA) is 98.5 Å². The largest absolute Gasteiger partial charge is 0.455 e. The highest BCUT2D eigenvalue weighted by molar-refractivity contribution is 7.89. The summed E-state index contributed by atoms with van der Waals surface area (Å²) in [7, 11) is -3.72. The molecule has 0 amide bonds. The second kappa shape index (κ2) is 8.54. The van der Waals surface area contributed by atoms with Crippen LogP contribution in [0.2, 0.25) is 0 Å². The van der Waals surface area contributed by atoms with Gasteiger partial charge in [-0.05, 0) is 56.3 Å². The highest BCUT2D eigenvalue weighted by atomic mass is 32.2. The number of sulfonamides is 1. The maximum atomic E-state index is 13.0. The number of carbonyl (C=O) groups is 1. The van der Waals surface area contributed by atoms with Crippen LogP contribution in [-0.2, 0) is 21.4 Å². The zero-order valence-electron chi connectivity index (χ0n) is 15.8. The Hall–Kier alpha value is -3.04. The molecule has 1 aromatic heterocycles. The van der Waals surface area contributed by atoms with Gasteiger partial charge in [-0.3, -0.25) is 0 Å². The molecule has 3 rings (SSSR count). The van der Waals surface area contributed by atoms with Crippen molar-refractivity contribution in [3.63, 3.8) is 0 Å². The molecule has 0 spiro atoms. The Kier molecular flexibility index (Phi) is 6.09. The Morgan fingerprint density at radius 3 is 2.62 bits per heavy atom. The van der Waals surface area contributed by atoms with Crippen molar-refractivity contribution >= 4 is 16.0 Å². The van der Waals surface area contributed by atoms with E-state index in [2.05, 4.69) is 9.71 Å². The van der Waals surface area contributed by atoms with Gasteiger partial charge in [0.1, 0.15) is 24.4 Å². The number of nitrogens with one attached hydrogen (secondary N) is 1. The molecule has 0 radical (unpaired) electrons. The third-order valence-corrected chi connectivity index (χ3v) is 5.42. The second-order valence-electron chi connectivity index (χ2n) is 6.53. The third-order valence-electron chi connectivity index (χ3n) is 3.76. The highest BCUT2D eigenvalue weighted by Gasteiger charge is 2.18. The Morgan fingerprint density at radius 2 is 1.93 bits per heavy atom. The number of oxazole rings is 1. The van der Waals surface area contributed by atoms with Crippen molar-refractivity contribution in [3.8, 4) is 11.5 Å². The van der Waals surface area contributed by atoms with Crippen LogP contribution in [0.25, 0.3) is 11.5 Å². The summed E-state index contributed by atoms with van der Waals surface area (Å²) in [6.45, 7) is 3.24. The van der Waals surface area contributed by atoms with E-state index < -0.39 is 16.0 Å². The van der Waals surface area contributed by atoms with Crippen molar-refractivity contribution in [1.29, 1.82) is 0 Å². The smallest absolute Gasteiger partial charge is 0.338 e. The van der Waals surface area contributed by atoms with Crippen LogP contribution in [0.5, 0.6) is 0 Å². The monoisotopic (exact) mass is 418 g/mol. The zero-order valence-corrected chi connectivity index (χ0v) is 16.6. The molecule has 0 saturated heterocycles. The molecule has 0 fully saturated rings. The van der Waals surface area contributed by atoms with E-state index in [9.17, 15) is 17.6 Å². The number of rotatable bonds is 7. The molecule has 1 N–H and O–H groups in total. The molecule has 7 nitrogen and oxygen atoms in total. The molecule has 152 valence electrons. The summed E-state index contributed by atoms with van der Waals surface area (Å²) in [5, 5.41) is 0. The SMILES string of the molecule is CC(C)NS(=O)(=O)c1cccc(C(=O)OCc2coc(-c3ccc(F)cc3)n2)c1. The molecule has 0 atom stereocenters. The number of halogens is 1. The average Bonchev–Trinajstić information content (AvgIpc) is 3.15. The molecule has 29 heavy (non-hydrogen) atoms. The normalized spacial score (nSPS) is 11.6. The van der Waals surface area contributed by atoms with E-state index in [-0.39, 0.29) is 34.8 Å². The summed E-state index contributed by atoms with van der Waals surface area (Å²) in [4.78, 5) is 16.5. The number of hydrogen-bond donors (Lipinski definition) is 1. The molecule has 1 heterocycles. The summed E-state index contributed by atoms with van der Waals surface area (Å²) in [5.41, 5.74) is 1.04. The van der Waals surface area contributed by atoms with Gasteiger partial charge in [0, 0.05) is 11.6 Å². The van der Waals surface area contributed by atoms with Crippen LogP contribution in [-0.4, -0.2) is 25.4 Å². The van der Waals surface area contributed by atoms with Crippen molar-refractivity contribution in [2.24, 2.45) is 0 Å². The first-order valence-electron chi connectivity index (χ1n) is 8.74. The van der Waals surface area contributed by atoms with Gasteiger partial charge in [-0.15, -0.1) is 0 Å². The quantitative estimate of drug-likeness (QED) is 0.590. The number of esters is 1. The Bertz CT molecular complexity index is 1110. The minimum Gasteiger partial charge on any atom is -0.455 e. The summed E-state index contributed by atoms with van der Waals surface area (Å²) >= 11 is 0. The number of benzene rings is 2. The minimum atomic E-state index is -3.72. The lowest BCUT2D eigenvalue weighted by Crippen LogP contribution is -2.30. The van der Waals surface area contributed by atoms with Crippen molar-refractivity contribution in [3.05, 3.63) is 71.9 Å². The van der Waals surface area contributed by atoms with Crippen LogP contribution < -0.4 is 4.72 Å². The van der Waals surface area contributed by atoms with Crippen LogP contribution in [0.15, 0.2) is 64.1 Å². The van der Waals surface area contributed by atoms with Crippen molar-refractivity contribution in [2.75, 3.05) is 0 Å². The highest BCUT2D eigenvalue weighted by Crippen LogP contribution is 2.20. The van der Waals surface area contributed by atoms with E-state index in [1.807, 2.05) is 0 Å². The van der Waals surface area contributed by atoms with Gasteiger partial charge in [0.2, 0.25) is 15.9 Å². The van der Waals surface area contributed by atoms with E-state index in [1.54, 1.807) is 13.8 Å². The van der Waals surface area contributed by atoms with Crippen LogP contribution in [0, 0.1) is 5.82 Å². The molecule has 0 aliphatic carbocycles. The van der Waals surface area contributed by atoms with Crippen LogP contribution in [0.4, 0.5) is 4.39 Å². The lowest BCUT2D eigenvalue weighted by molar-refractivity contribution is 0.0467. The molecule has 2 aromatic carbocycles. The Morgan fingerprint density at radius 1 is 1.21 bits per heavy atom. The molecule has 0 aliphatic rings. The van der Waals surface area contributed by atoms with E-state index in [1.165, 1.54) is 54.8 Å². The van der Waals surface area contributed by atoms with Crippen LogP contribution in [0.1, 0.15) is 29.9 Å². The van der Waals surface area contributed by atoms with Gasteiger partial charge < -0.3 is 9.15 Å². The fourth-order valence-corrected chi connectivity index (χ4v) is 3.79. The van der Waals surface area contributed by atoms with Crippen molar-refractivity contribution < 1.29 is 26.8 Å². The fraction of sp³-hybridized carbons (Fsp3) is 0.200. The standard InChI is InChI=1S/C20H19FN2O5S/c1-13(2)23-29(25,26)18-5-3-4-15(10-18)20(24)28-12-17-11-27-19(22-17)14-6-8-16(21)9-7-14/h3-11,13,23H,12H2,1-2H3. The van der Waals surface area contributed by atoms with Gasteiger partial charge in [0.05, 0.1) is 10.5 Å². The van der Waals surface area contributed by atoms with E-state index in [4.69, 9.17) is 9.15 Å². The molecule has 0 bridgehead atoms. The first-order valence-corrected chi connectivity index (χ1v) is 10.2. The molecule has 0 aliphatic heterocycles. The predicted molar refractivity (Wildman–Crippen MR) is 103 cm³/mol. The molecule has 3 aromatic rings. The van der Waals surface area contributed by atoms with Crippen LogP contribution in [0.3, 0.4) is 0 Å². The zero-order chi connectivity index (χ0) is 21.0. The second-order valence-corrected chi connectivity index (χ2v) is 8.24. The summed E-state index contributed by atoms with van der Waals surface area (Å²) in [6, 6.07) is 10.9. The molecular weight excluding hydrogens is 399 g/mol. The van der Waals surface area contributed by atoms with Gasteiger partial charge in [-0.2, -0.15) is 0 Å². The first kappa shape index (κ1) is 20.7. The van der Waals surface area contributed by atoms with Gasteiger partial charge in [0.15, 0.2) is 0 Å². The molecule has 0 saturated carbocycles. The molecule has 9 heteroatoms. The maximum absolute atomic E-state index is 13.0. The van der Waals surface area contributed by atoms with Crippen molar-refractivity contribution in [2.45, 2.75) is 31.4 Å². The first-order chi connectivity index (χ1) is 13.7. The Balaban J connectivity index is 1.67. The number of aromatic nitrogens is 1. The van der Waals surface area contributed by atoms with Gasteiger partial charge in [-0.25, -0.2) is 27.3 Å². The van der Waals surface area contributed by atoms with Crippen molar-refractivity contribution in [1.82, 2.24) is 9.71 Å². The van der Waals surface area contributed by atoms with E-state index in [0.29, 0.717) is 11.3 Å². The number of ether oxygens (including phenoxy) is 1. The van der Waals surface area contributed by atoms with Gasteiger partial charge in [-0.1, -0.05) is 6.07 Å². The summed E-state index contributed by atoms with van der Waals surface area (Å²) in [5.74, 6) is -0.802. The number of nitrogens with zero attached hydrogens (tertiary/aromatic N) is 1. The minimum absolute atomic E-state index is 0.0271. The Labute approximate surface area is 167 Å². The third kappa shape index (κ3) is 5.27. The van der Waals surface area contributed by atoms with Crippen LogP contribution >= 0.6 is 0 Å². The molecular formula is C20H19FN2O5S. The maximum Gasteiger partial charge on any atom is 0.338 e. The summed E-state index contributed by atoms with van der Waals surface area (Å²) in [6.07, 6.45) is 1.33. The number of carbonyl (C=O) groups excluding carboxylic acids is 1. The molecule has 0 unspecified atom stereocenters.